The molecule has 1 aromatic rings. The normalized spacial score (nSPS) is 11.7. The van der Waals surface area contributed by atoms with Crippen molar-refractivity contribution in [3.63, 3.8) is 0 Å². The van der Waals surface area contributed by atoms with Crippen molar-refractivity contribution in [2.24, 2.45) is 5.41 Å². The van der Waals surface area contributed by atoms with Crippen LogP contribution in [0.25, 0.3) is 6.08 Å². The molecule has 0 N–H and O–H groups in total. The van der Waals surface area contributed by atoms with Gasteiger partial charge in [0.2, 0.25) is 0 Å². The van der Waals surface area contributed by atoms with Crippen LogP contribution in [0.3, 0.4) is 0 Å². The lowest BCUT2D eigenvalue weighted by Gasteiger charge is -2.15. The van der Waals surface area contributed by atoms with Crippen molar-refractivity contribution in [2.75, 3.05) is 14.2 Å². The second-order valence-corrected chi connectivity index (χ2v) is 5.39. The van der Waals surface area contributed by atoms with Gasteiger partial charge in [0, 0.05) is 11.5 Å². The number of ether oxygens (including phenoxy) is 2. The highest BCUT2D eigenvalue weighted by Crippen LogP contribution is 2.26. The van der Waals surface area contributed by atoms with Gasteiger partial charge in [0.15, 0.2) is 5.78 Å². The Balaban J connectivity index is 3.27. The van der Waals surface area contributed by atoms with Crippen molar-refractivity contribution in [3.05, 3.63) is 29.3 Å². The van der Waals surface area contributed by atoms with Gasteiger partial charge in [-0.15, -0.1) is 0 Å². The smallest absolute Gasteiger partial charge is 0.178 e. The molecular weight excluding hydrogens is 254 g/mol. The molecule has 0 aromatic heterocycles. The maximum Gasteiger partial charge on any atom is 0.178 e. The molecule has 20 heavy (non-hydrogen) atoms. The molecule has 1 rings (SSSR count). The van der Waals surface area contributed by atoms with E-state index in [1.54, 1.807) is 59.3 Å². The second-order valence-electron chi connectivity index (χ2n) is 5.39. The van der Waals surface area contributed by atoms with Crippen LogP contribution >= 0.6 is 0 Å². The standard InChI is InChI=1S/C16H19NO3/c1-16(2,3)15(18)12(10-17)6-11-7-13(19-4)9-14(8-11)20-5/h6-9H,1-5H3/b12-6+. The summed E-state index contributed by atoms with van der Waals surface area (Å²) in [5, 5.41) is 9.17. The number of hydrogen-bond donors (Lipinski definition) is 0. The van der Waals surface area contributed by atoms with Crippen molar-refractivity contribution >= 4 is 11.9 Å². The lowest BCUT2D eigenvalue weighted by atomic mass is 9.86. The van der Waals surface area contributed by atoms with Gasteiger partial charge in [0.1, 0.15) is 17.6 Å². The number of carbonyl (C=O) groups excluding carboxylic acids is 1. The molecule has 0 heterocycles. The first kappa shape index (κ1) is 15.8. The van der Waals surface area contributed by atoms with E-state index in [2.05, 4.69) is 0 Å². The molecule has 0 unspecified atom stereocenters. The molecule has 0 aliphatic heterocycles. The Morgan fingerprint density at radius 1 is 1.15 bits per heavy atom. The molecule has 0 spiro atoms. The van der Waals surface area contributed by atoms with Gasteiger partial charge in [-0.05, 0) is 23.8 Å². The first-order valence-electron chi connectivity index (χ1n) is 6.21. The molecule has 0 radical (unpaired) electrons. The first-order valence-corrected chi connectivity index (χ1v) is 6.21. The lowest BCUT2D eigenvalue weighted by molar-refractivity contribution is -0.121. The van der Waals surface area contributed by atoms with E-state index < -0.39 is 5.41 Å². The van der Waals surface area contributed by atoms with Crippen LogP contribution in [0.4, 0.5) is 0 Å². The number of Topliss-reactive ketones (excluding diaryl/α,β-unsaturated/α-hetero) is 1. The zero-order valence-electron chi connectivity index (χ0n) is 12.5. The fourth-order valence-corrected chi connectivity index (χ4v) is 1.63. The highest BCUT2D eigenvalue weighted by Gasteiger charge is 2.25. The Bertz CT molecular complexity index is 552. The number of carbonyl (C=O) groups is 1. The Labute approximate surface area is 119 Å². The van der Waals surface area contributed by atoms with E-state index in [-0.39, 0.29) is 11.4 Å². The minimum atomic E-state index is -0.593. The summed E-state index contributed by atoms with van der Waals surface area (Å²) >= 11 is 0. The van der Waals surface area contributed by atoms with Gasteiger partial charge < -0.3 is 9.47 Å². The summed E-state index contributed by atoms with van der Waals surface area (Å²) in [4.78, 5) is 12.2. The fourth-order valence-electron chi connectivity index (χ4n) is 1.63. The van der Waals surface area contributed by atoms with Crippen LogP contribution in [0.2, 0.25) is 0 Å². The minimum absolute atomic E-state index is 0.118. The van der Waals surface area contributed by atoms with Crippen LogP contribution in [0.1, 0.15) is 26.3 Å². The summed E-state index contributed by atoms with van der Waals surface area (Å²) in [5.41, 5.74) is 0.216. The molecule has 0 saturated carbocycles. The summed E-state index contributed by atoms with van der Waals surface area (Å²) in [7, 11) is 3.10. The Morgan fingerprint density at radius 3 is 2.00 bits per heavy atom. The van der Waals surface area contributed by atoms with Gasteiger partial charge in [0.05, 0.1) is 19.8 Å². The highest BCUT2D eigenvalue weighted by molar-refractivity contribution is 6.06. The number of nitrogens with zero attached hydrogens (tertiary/aromatic N) is 1. The zero-order valence-corrected chi connectivity index (χ0v) is 12.5. The Kier molecular flexibility index (Phi) is 4.93. The van der Waals surface area contributed by atoms with Gasteiger partial charge in [-0.3, -0.25) is 4.79 Å². The number of allylic oxidation sites excluding steroid dienone is 1. The van der Waals surface area contributed by atoms with Crippen LogP contribution < -0.4 is 9.47 Å². The zero-order chi connectivity index (χ0) is 15.3. The molecule has 0 bridgehead atoms. The van der Waals surface area contributed by atoms with Gasteiger partial charge in [0.25, 0.3) is 0 Å². The summed E-state index contributed by atoms with van der Waals surface area (Å²) in [6.45, 7) is 5.35. The molecule has 106 valence electrons. The average Bonchev–Trinajstić information content (AvgIpc) is 2.42. The molecule has 4 nitrogen and oxygen atoms in total. The quantitative estimate of drug-likeness (QED) is 0.624. The van der Waals surface area contributed by atoms with E-state index in [1.165, 1.54) is 0 Å². The second kappa shape index (κ2) is 6.25. The van der Waals surface area contributed by atoms with E-state index >= 15 is 0 Å². The van der Waals surface area contributed by atoms with Crippen molar-refractivity contribution in [1.29, 1.82) is 5.26 Å². The number of benzene rings is 1. The molecular formula is C16H19NO3. The number of ketones is 1. The molecule has 4 heteroatoms. The summed E-state index contributed by atoms with van der Waals surface area (Å²) < 4.78 is 10.3. The number of nitriles is 1. The molecule has 0 aliphatic rings. The van der Waals surface area contributed by atoms with Gasteiger partial charge in [-0.2, -0.15) is 5.26 Å². The molecule has 0 fully saturated rings. The summed E-state index contributed by atoms with van der Waals surface area (Å²) in [5.74, 6) is 1.02. The Hall–Kier alpha value is -2.28. The van der Waals surface area contributed by atoms with Crippen LogP contribution in [0.15, 0.2) is 23.8 Å². The van der Waals surface area contributed by atoms with Crippen molar-refractivity contribution in [3.8, 4) is 17.6 Å². The predicted molar refractivity (Wildman–Crippen MR) is 77.6 cm³/mol. The average molecular weight is 273 g/mol. The number of hydrogen-bond acceptors (Lipinski definition) is 4. The number of methoxy groups -OCH3 is 2. The third kappa shape index (κ3) is 3.86. The van der Waals surface area contributed by atoms with Gasteiger partial charge >= 0.3 is 0 Å². The van der Waals surface area contributed by atoms with Crippen LogP contribution in [-0.2, 0) is 4.79 Å². The summed E-state index contributed by atoms with van der Waals surface area (Å²) in [6.07, 6.45) is 1.55. The van der Waals surface area contributed by atoms with E-state index in [1.807, 2.05) is 6.07 Å². The molecule has 0 aliphatic carbocycles. The van der Waals surface area contributed by atoms with Crippen LogP contribution in [-0.4, -0.2) is 20.0 Å². The third-order valence-corrected chi connectivity index (χ3v) is 2.73. The predicted octanol–water partition coefficient (Wildman–Crippen LogP) is 3.23. The highest BCUT2D eigenvalue weighted by atomic mass is 16.5. The van der Waals surface area contributed by atoms with Crippen LogP contribution in [0.5, 0.6) is 11.5 Å². The molecule has 0 saturated heterocycles. The largest absolute Gasteiger partial charge is 0.497 e. The first-order chi connectivity index (χ1) is 9.31. The van der Waals surface area contributed by atoms with E-state index in [0.717, 1.165) is 0 Å². The van der Waals surface area contributed by atoms with E-state index in [9.17, 15) is 10.1 Å². The van der Waals surface area contributed by atoms with E-state index in [0.29, 0.717) is 17.1 Å². The fraction of sp³-hybridized carbons (Fsp3) is 0.375. The van der Waals surface area contributed by atoms with Crippen molar-refractivity contribution < 1.29 is 14.3 Å². The Morgan fingerprint density at radius 2 is 1.65 bits per heavy atom. The monoisotopic (exact) mass is 273 g/mol. The van der Waals surface area contributed by atoms with Crippen molar-refractivity contribution in [2.45, 2.75) is 20.8 Å². The van der Waals surface area contributed by atoms with Gasteiger partial charge in [-0.1, -0.05) is 20.8 Å². The molecule has 0 atom stereocenters. The molecule has 1 aromatic carbocycles. The number of rotatable bonds is 4. The minimum Gasteiger partial charge on any atom is -0.497 e. The SMILES string of the molecule is COc1cc(/C=C(\C#N)C(=O)C(C)(C)C)cc(OC)c1. The maximum atomic E-state index is 12.2. The summed E-state index contributed by atoms with van der Waals surface area (Å²) in [6, 6.07) is 7.18. The third-order valence-electron chi connectivity index (χ3n) is 2.73. The van der Waals surface area contributed by atoms with Crippen LogP contribution in [0, 0.1) is 16.7 Å². The topological polar surface area (TPSA) is 59.3 Å². The molecule has 0 amide bonds. The van der Waals surface area contributed by atoms with Gasteiger partial charge in [-0.25, -0.2) is 0 Å². The maximum absolute atomic E-state index is 12.2. The van der Waals surface area contributed by atoms with Crippen molar-refractivity contribution in [1.82, 2.24) is 0 Å². The van der Waals surface area contributed by atoms with E-state index in [4.69, 9.17) is 9.47 Å². The lowest BCUT2D eigenvalue weighted by Crippen LogP contribution is -2.21.